The SMILES string of the molecule is Cc1[nH]nc(C(=O)NCC2CCCC(O)C2)c1N. The third kappa shape index (κ3) is 2.81. The van der Waals surface area contributed by atoms with Crippen LogP contribution in [0.1, 0.15) is 41.9 Å². The zero-order valence-corrected chi connectivity index (χ0v) is 10.6. The topological polar surface area (TPSA) is 104 Å². The fourth-order valence-corrected chi connectivity index (χ4v) is 2.38. The molecule has 1 heterocycles. The average Bonchev–Trinajstić information content (AvgIpc) is 2.67. The maximum Gasteiger partial charge on any atom is 0.273 e. The van der Waals surface area contributed by atoms with Crippen LogP contribution in [0.5, 0.6) is 0 Å². The summed E-state index contributed by atoms with van der Waals surface area (Å²) in [4.78, 5) is 11.9. The van der Waals surface area contributed by atoms with Gasteiger partial charge in [-0.2, -0.15) is 5.10 Å². The van der Waals surface area contributed by atoms with Crippen molar-refractivity contribution in [3.63, 3.8) is 0 Å². The molecule has 2 atom stereocenters. The average molecular weight is 252 g/mol. The van der Waals surface area contributed by atoms with Crippen molar-refractivity contribution < 1.29 is 9.90 Å². The summed E-state index contributed by atoms with van der Waals surface area (Å²) in [7, 11) is 0. The third-order valence-corrected chi connectivity index (χ3v) is 3.52. The van der Waals surface area contributed by atoms with Gasteiger partial charge in [0.05, 0.1) is 17.5 Å². The van der Waals surface area contributed by atoms with Crippen LogP contribution in [-0.2, 0) is 0 Å². The molecule has 1 aromatic heterocycles. The molecule has 2 unspecified atom stereocenters. The number of aromatic nitrogens is 2. The number of aliphatic hydroxyl groups is 1. The van der Waals surface area contributed by atoms with Gasteiger partial charge in [-0.05, 0) is 32.1 Å². The number of anilines is 1. The van der Waals surface area contributed by atoms with Crippen LogP contribution < -0.4 is 11.1 Å². The van der Waals surface area contributed by atoms with Gasteiger partial charge in [-0.1, -0.05) is 6.42 Å². The van der Waals surface area contributed by atoms with Crippen molar-refractivity contribution in [1.82, 2.24) is 15.5 Å². The Morgan fingerprint density at radius 3 is 3.00 bits per heavy atom. The van der Waals surface area contributed by atoms with Gasteiger partial charge in [0, 0.05) is 6.54 Å². The quantitative estimate of drug-likeness (QED) is 0.631. The summed E-state index contributed by atoms with van der Waals surface area (Å²) in [6.07, 6.45) is 3.47. The van der Waals surface area contributed by atoms with Gasteiger partial charge in [0.1, 0.15) is 0 Å². The molecule has 6 nitrogen and oxygen atoms in total. The van der Waals surface area contributed by atoms with Crippen LogP contribution in [0, 0.1) is 12.8 Å². The van der Waals surface area contributed by atoms with Crippen LogP contribution in [0.15, 0.2) is 0 Å². The van der Waals surface area contributed by atoms with E-state index in [9.17, 15) is 9.90 Å². The normalized spacial score (nSPS) is 23.9. The molecule has 0 spiro atoms. The molecule has 1 saturated carbocycles. The zero-order valence-electron chi connectivity index (χ0n) is 10.6. The third-order valence-electron chi connectivity index (χ3n) is 3.52. The van der Waals surface area contributed by atoms with E-state index < -0.39 is 0 Å². The first-order valence-electron chi connectivity index (χ1n) is 6.34. The summed E-state index contributed by atoms with van der Waals surface area (Å²) < 4.78 is 0. The van der Waals surface area contributed by atoms with Crippen molar-refractivity contribution in [2.24, 2.45) is 5.92 Å². The molecule has 0 radical (unpaired) electrons. The number of carbonyl (C=O) groups is 1. The first kappa shape index (κ1) is 12.9. The molecule has 1 amide bonds. The molecule has 0 aromatic carbocycles. The Morgan fingerprint density at radius 2 is 2.39 bits per heavy atom. The fourth-order valence-electron chi connectivity index (χ4n) is 2.38. The first-order chi connectivity index (χ1) is 8.58. The molecule has 2 rings (SSSR count). The predicted octanol–water partition coefficient (Wildman–Crippen LogP) is 0.581. The van der Waals surface area contributed by atoms with E-state index in [2.05, 4.69) is 15.5 Å². The standard InChI is InChI=1S/C12H20N4O2/c1-7-10(13)11(16-15-7)12(18)14-6-8-3-2-4-9(17)5-8/h8-9,17H,2-6,13H2,1H3,(H,14,18)(H,15,16). The lowest BCUT2D eigenvalue weighted by molar-refractivity contribution is 0.0871. The van der Waals surface area contributed by atoms with Gasteiger partial charge in [0.25, 0.3) is 5.91 Å². The molecule has 1 aliphatic rings. The molecule has 18 heavy (non-hydrogen) atoms. The maximum atomic E-state index is 11.9. The monoisotopic (exact) mass is 252 g/mol. The Morgan fingerprint density at radius 1 is 1.61 bits per heavy atom. The minimum absolute atomic E-state index is 0.224. The van der Waals surface area contributed by atoms with Crippen LogP contribution in [0.25, 0.3) is 0 Å². The second-order valence-electron chi connectivity index (χ2n) is 5.01. The number of H-pyrrole nitrogens is 1. The summed E-state index contributed by atoms with van der Waals surface area (Å²) in [6.45, 7) is 2.35. The molecule has 0 aliphatic heterocycles. The van der Waals surface area contributed by atoms with E-state index in [0.717, 1.165) is 25.7 Å². The lowest BCUT2D eigenvalue weighted by Crippen LogP contribution is -2.33. The summed E-state index contributed by atoms with van der Waals surface area (Å²) in [5, 5.41) is 19.0. The Hall–Kier alpha value is -1.56. The van der Waals surface area contributed by atoms with Crippen LogP contribution >= 0.6 is 0 Å². The lowest BCUT2D eigenvalue weighted by Gasteiger charge is -2.25. The van der Waals surface area contributed by atoms with Crippen LogP contribution in [0.3, 0.4) is 0 Å². The predicted molar refractivity (Wildman–Crippen MR) is 68.0 cm³/mol. The fraction of sp³-hybridized carbons (Fsp3) is 0.667. The molecule has 1 fully saturated rings. The van der Waals surface area contributed by atoms with Crippen molar-refractivity contribution in [3.8, 4) is 0 Å². The first-order valence-corrected chi connectivity index (χ1v) is 6.34. The molecular formula is C12H20N4O2. The number of hydrogen-bond acceptors (Lipinski definition) is 4. The Kier molecular flexibility index (Phi) is 3.86. The number of aliphatic hydroxyl groups excluding tert-OH is 1. The number of nitrogen functional groups attached to an aromatic ring is 1. The number of hydrogen-bond donors (Lipinski definition) is 4. The molecule has 1 aromatic rings. The highest BCUT2D eigenvalue weighted by molar-refractivity contribution is 5.97. The lowest BCUT2D eigenvalue weighted by atomic mass is 9.87. The number of nitrogens with two attached hydrogens (primary N) is 1. The highest BCUT2D eigenvalue weighted by atomic mass is 16.3. The molecule has 100 valence electrons. The molecule has 1 aliphatic carbocycles. The van der Waals surface area contributed by atoms with Gasteiger partial charge in [0.15, 0.2) is 5.69 Å². The van der Waals surface area contributed by atoms with Gasteiger partial charge in [-0.3, -0.25) is 9.89 Å². The molecule has 0 bridgehead atoms. The molecular weight excluding hydrogens is 232 g/mol. The summed E-state index contributed by atoms with van der Waals surface area (Å²) >= 11 is 0. The molecule has 5 N–H and O–H groups in total. The number of aryl methyl sites for hydroxylation is 1. The minimum Gasteiger partial charge on any atom is -0.395 e. The number of nitrogens with zero attached hydrogens (tertiary/aromatic N) is 1. The second-order valence-corrected chi connectivity index (χ2v) is 5.01. The summed E-state index contributed by atoms with van der Waals surface area (Å²) in [6, 6.07) is 0. The van der Waals surface area contributed by atoms with E-state index in [1.165, 1.54) is 0 Å². The second kappa shape index (κ2) is 5.39. The molecule has 6 heteroatoms. The van der Waals surface area contributed by atoms with Crippen molar-refractivity contribution in [1.29, 1.82) is 0 Å². The number of aromatic amines is 1. The van der Waals surface area contributed by atoms with Gasteiger partial charge < -0.3 is 16.2 Å². The van der Waals surface area contributed by atoms with Gasteiger partial charge >= 0.3 is 0 Å². The highest BCUT2D eigenvalue weighted by Crippen LogP contribution is 2.23. The number of nitrogens with one attached hydrogen (secondary N) is 2. The summed E-state index contributed by atoms with van der Waals surface area (Å²) in [5.74, 6) is 0.0934. The largest absolute Gasteiger partial charge is 0.395 e. The summed E-state index contributed by atoms with van der Waals surface area (Å²) in [5.41, 5.74) is 7.09. The van der Waals surface area contributed by atoms with E-state index >= 15 is 0 Å². The van der Waals surface area contributed by atoms with Crippen molar-refractivity contribution >= 4 is 11.6 Å². The maximum absolute atomic E-state index is 11.9. The van der Waals surface area contributed by atoms with Crippen LogP contribution in [0.2, 0.25) is 0 Å². The Balaban J connectivity index is 1.86. The van der Waals surface area contributed by atoms with Crippen LogP contribution in [0.4, 0.5) is 5.69 Å². The minimum atomic E-state index is -0.253. The van der Waals surface area contributed by atoms with Crippen molar-refractivity contribution in [3.05, 3.63) is 11.4 Å². The smallest absolute Gasteiger partial charge is 0.273 e. The van der Waals surface area contributed by atoms with E-state index in [0.29, 0.717) is 23.8 Å². The number of amides is 1. The molecule has 0 saturated heterocycles. The Labute approximate surface area is 106 Å². The van der Waals surface area contributed by atoms with E-state index in [1.54, 1.807) is 6.92 Å². The van der Waals surface area contributed by atoms with E-state index in [4.69, 9.17) is 5.73 Å². The van der Waals surface area contributed by atoms with Crippen LogP contribution in [-0.4, -0.2) is 33.9 Å². The number of carbonyl (C=O) groups excluding carboxylic acids is 1. The van der Waals surface area contributed by atoms with E-state index in [-0.39, 0.29) is 17.7 Å². The van der Waals surface area contributed by atoms with Gasteiger partial charge in [-0.15, -0.1) is 0 Å². The number of rotatable bonds is 3. The zero-order chi connectivity index (χ0) is 13.1. The van der Waals surface area contributed by atoms with Gasteiger partial charge in [-0.25, -0.2) is 0 Å². The van der Waals surface area contributed by atoms with E-state index in [1.807, 2.05) is 0 Å². The Bertz CT molecular complexity index is 430. The van der Waals surface area contributed by atoms with Crippen molar-refractivity contribution in [2.45, 2.75) is 38.7 Å². The van der Waals surface area contributed by atoms with Crippen molar-refractivity contribution in [2.75, 3.05) is 12.3 Å². The highest BCUT2D eigenvalue weighted by Gasteiger charge is 2.22. The van der Waals surface area contributed by atoms with Gasteiger partial charge in [0.2, 0.25) is 0 Å².